The van der Waals surface area contributed by atoms with Gasteiger partial charge in [0.25, 0.3) is 0 Å². The zero-order valence-electron chi connectivity index (χ0n) is 11.9. The van der Waals surface area contributed by atoms with Crippen LogP contribution in [-0.2, 0) is 23.8 Å². The van der Waals surface area contributed by atoms with Gasteiger partial charge in [-0.25, -0.2) is 0 Å². The first kappa shape index (κ1) is 18.6. The summed E-state index contributed by atoms with van der Waals surface area (Å²) in [6.45, 7) is 8.57. The molecule has 0 spiro atoms. The molecule has 0 bridgehead atoms. The number of carbonyl (C=O) groups is 2. The molecular weight excluding hydrogens is 329 g/mol. The van der Waals surface area contributed by atoms with Gasteiger partial charge in [0.05, 0.1) is 0 Å². The van der Waals surface area contributed by atoms with Gasteiger partial charge in [-0.2, -0.15) is 0 Å². The summed E-state index contributed by atoms with van der Waals surface area (Å²) in [5.74, 6) is -0.937. The minimum atomic E-state index is -0.740. The van der Waals surface area contributed by atoms with Crippen molar-refractivity contribution in [1.29, 1.82) is 5.26 Å². The summed E-state index contributed by atoms with van der Waals surface area (Å²) in [6, 6.07) is 0. The molecule has 112 valence electrons. The third-order valence-corrected chi connectivity index (χ3v) is 3.21. The molecule has 0 aromatic heterocycles. The number of esters is 2. The van der Waals surface area contributed by atoms with Crippen molar-refractivity contribution in [2.45, 2.75) is 44.9 Å². The SMILES string of the molecule is C=C(C)C(=O)OC(C)OCC(CC)OC(=O)C[Se]C#N. The van der Waals surface area contributed by atoms with Gasteiger partial charge in [-0.05, 0) is 0 Å². The Morgan fingerprint density at radius 2 is 2.05 bits per heavy atom. The minimum absolute atomic E-state index is 0.125. The summed E-state index contributed by atoms with van der Waals surface area (Å²) >= 11 is -0.388. The standard InChI is InChI=1S/C13H19NO5Se/c1-5-11(19-12(15)7-20-8-14)6-17-10(4)18-13(16)9(2)3/h10-11H,2,5-7H2,1,3-4H3. The number of nitrogens with zero attached hydrogens (tertiary/aromatic N) is 1. The van der Waals surface area contributed by atoms with Gasteiger partial charge in [-0.3, -0.25) is 0 Å². The Morgan fingerprint density at radius 3 is 2.55 bits per heavy atom. The van der Waals surface area contributed by atoms with Gasteiger partial charge >= 0.3 is 125 Å². The first-order valence-electron chi connectivity index (χ1n) is 6.09. The van der Waals surface area contributed by atoms with E-state index in [0.717, 1.165) is 0 Å². The van der Waals surface area contributed by atoms with E-state index in [1.54, 1.807) is 13.8 Å². The van der Waals surface area contributed by atoms with Crippen molar-refractivity contribution in [3.05, 3.63) is 12.2 Å². The van der Waals surface area contributed by atoms with Gasteiger partial charge in [0.1, 0.15) is 0 Å². The van der Waals surface area contributed by atoms with Crippen LogP contribution in [-0.4, -0.2) is 45.9 Å². The number of carbonyl (C=O) groups excluding carboxylic acids is 2. The summed E-state index contributed by atoms with van der Waals surface area (Å²) in [4.78, 5) is 24.6. The summed E-state index contributed by atoms with van der Waals surface area (Å²) in [5, 5.41) is 8.53. The molecule has 2 atom stereocenters. The van der Waals surface area contributed by atoms with Gasteiger partial charge in [0.15, 0.2) is 0 Å². The van der Waals surface area contributed by atoms with E-state index in [2.05, 4.69) is 6.58 Å². The molecule has 0 heterocycles. The van der Waals surface area contributed by atoms with Crippen molar-refractivity contribution in [2.24, 2.45) is 0 Å². The molecule has 0 N–H and O–H groups in total. The Morgan fingerprint density at radius 1 is 1.40 bits per heavy atom. The molecular formula is C13H19NO5Se. The molecule has 0 fully saturated rings. The molecule has 20 heavy (non-hydrogen) atoms. The van der Waals surface area contributed by atoms with Crippen LogP contribution in [0.2, 0.25) is 5.32 Å². The van der Waals surface area contributed by atoms with Crippen LogP contribution in [0.3, 0.4) is 0 Å². The van der Waals surface area contributed by atoms with Crippen LogP contribution in [0.15, 0.2) is 12.2 Å². The van der Waals surface area contributed by atoms with E-state index in [1.165, 1.54) is 0 Å². The Kier molecular flexibility index (Phi) is 9.73. The molecule has 0 aromatic rings. The Hall–Kier alpha value is -1.35. The second kappa shape index (κ2) is 10.4. The molecule has 6 nitrogen and oxygen atoms in total. The molecule has 0 radical (unpaired) electrons. The van der Waals surface area contributed by atoms with E-state index in [4.69, 9.17) is 19.5 Å². The summed E-state index contributed by atoms with van der Waals surface area (Å²) in [6.07, 6.45) is -0.579. The third kappa shape index (κ3) is 8.70. The van der Waals surface area contributed by atoms with Crippen LogP contribution in [0, 0.1) is 10.2 Å². The molecule has 0 saturated carbocycles. The third-order valence-electron chi connectivity index (χ3n) is 2.15. The zero-order valence-corrected chi connectivity index (χ0v) is 13.6. The van der Waals surface area contributed by atoms with Gasteiger partial charge < -0.3 is 0 Å². The topological polar surface area (TPSA) is 85.6 Å². The number of rotatable bonds is 9. The second-order valence-electron chi connectivity index (χ2n) is 3.99. The number of hydrogen-bond acceptors (Lipinski definition) is 6. The average Bonchev–Trinajstić information content (AvgIpc) is 2.40. The predicted octanol–water partition coefficient (Wildman–Crippen LogP) is 1.39. The molecule has 0 saturated heterocycles. The van der Waals surface area contributed by atoms with Crippen LogP contribution >= 0.6 is 0 Å². The maximum atomic E-state index is 11.4. The van der Waals surface area contributed by atoms with Crippen molar-refractivity contribution in [1.82, 2.24) is 0 Å². The molecule has 0 rings (SSSR count). The zero-order chi connectivity index (χ0) is 15.5. The van der Waals surface area contributed by atoms with Crippen LogP contribution in [0.25, 0.3) is 0 Å². The molecule has 0 aliphatic carbocycles. The molecule has 2 unspecified atom stereocenters. The fraction of sp³-hybridized carbons (Fsp3) is 0.615. The molecule has 0 aliphatic heterocycles. The Labute approximate surface area is 125 Å². The molecule has 7 heteroatoms. The van der Waals surface area contributed by atoms with Crippen molar-refractivity contribution in [3.63, 3.8) is 0 Å². The van der Waals surface area contributed by atoms with Gasteiger partial charge in [0.2, 0.25) is 0 Å². The van der Waals surface area contributed by atoms with E-state index in [0.29, 0.717) is 6.42 Å². The number of nitriles is 1. The average molecular weight is 348 g/mol. The van der Waals surface area contributed by atoms with Gasteiger partial charge in [0, 0.05) is 0 Å². The van der Waals surface area contributed by atoms with Crippen molar-refractivity contribution < 1.29 is 23.8 Å². The van der Waals surface area contributed by atoms with Gasteiger partial charge in [-0.15, -0.1) is 0 Å². The van der Waals surface area contributed by atoms with Crippen LogP contribution in [0.4, 0.5) is 0 Å². The first-order chi connectivity index (χ1) is 9.40. The number of hydrogen-bond donors (Lipinski definition) is 0. The Bertz CT molecular complexity index is 391. The first-order valence-corrected chi connectivity index (χ1v) is 8.15. The van der Waals surface area contributed by atoms with Crippen molar-refractivity contribution >= 4 is 26.9 Å². The predicted molar refractivity (Wildman–Crippen MR) is 72.7 cm³/mol. The number of ether oxygens (including phenoxy) is 3. The van der Waals surface area contributed by atoms with E-state index in [1.807, 2.05) is 11.9 Å². The normalized spacial score (nSPS) is 12.9. The molecule has 0 aromatic carbocycles. The molecule has 0 aliphatic rings. The van der Waals surface area contributed by atoms with Crippen LogP contribution in [0.1, 0.15) is 27.2 Å². The monoisotopic (exact) mass is 349 g/mol. The summed E-state index contributed by atoms with van der Waals surface area (Å²) in [5.41, 5.74) is 0.289. The van der Waals surface area contributed by atoms with Crippen LogP contribution in [0.5, 0.6) is 0 Å². The summed E-state index contributed by atoms with van der Waals surface area (Å²) < 4.78 is 15.4. The fourth-order valence-corrected chi connectivity index (χ4v) is 1.60. The van der Waals surface area contributed by atoms with E-state index < -0.39 is 24.3 Å². The summed E-state index contributed by atoms with van der Waals surface area (Å²) in [7, 11) is 0. The van der Waals surface area contributed by atoms with Gasteiger partial charge in [-0.1, -0.05) is 0 Å². The van der Waals surface area contributed by atoms with Crippen molar-refractivity contribution in [2.75, 3.05) is 6.61 Å². The maximum absolute atomic E-state index is 11.4. The van der Waals surface area contributed by atoms with E-state index in [9.17, 15) is 9.59 Å². The van der Waals surface area contributed by atoms with E-state index in [-0.39, 0.29) is 32.5 Å². The van der Waals surface area contributed by atoms with Crippen molar-refractivity contribution in [3.8, 4) is 4.97 Å². The fourth-order valence-electron chi connectivity index (χ4n) is 1.07. The van der Waals surface area contributed by atoms with Crippen LogP contribution < -0.4 is 0 Å². The quantitative estimate of drug-likeness (QED) is 0.271. The second-order valence-corrected chi connectivity index (χ2v) is 5.58. The Balaban J connectivity index is 4.06. The van der Waals surface area contributed by atoms with E-state index >= 15 is 0 Å². The molecule has 0 amide bonds.